The molecule has 2 rings (SSSR count). The van der Waals surface area contributed by atoms with Crippen LogP contribution in [0.2, 0.25) is 0 Å². The van der Waals surface area contributed by atoms with Gasteiger partial charge in [-0.05, 0) is 20.3 Å². The lowest BCUT2D eigenvalue weighted by molar-refractivity contribution is 0.752. The second kappa shape index (κ2) is 5.31. The Hall–Kier alpha value is -1.36. The van der Waals surface area contributed by atoms with E-state index in [9.17, 15) is 0 Å². The van der Waals surface area contributed by atoms with E-state index in [2.05, 4.69) is 26.9 Å². The molecule has 0 saturated carbocycles. The SMILES string of the molecule is CCN(CCCCl)c1cc(C)nc2ncnn12. The van der Waals surface area contributed by atoms with Gasteiger partial charge in [-0.3, -0.25) is 0 Å². The summed E-state index contributed by atoms with van der Waals surface area (Å²) in [5.41, 5.74) is 0.949. The Balaban J connectivity index is 2.40. The fraction of sp³-hybridized carbons (Fsp3) is 0.545. The lowest BCUT2D eigenvalue weighted by Gasteiger charge is -2.23. The van der Waals surface area contributed by atoms with Crippen molar-refractivity contribution in [2.24, 2.45) is 0 Å². The quantitative estimate of drug-likeness (QED) is 0.764. The smallest absolute Gasteiger partial charge is 0.254 e. The maximum Gasteiger partial charge on any atom is 0.254 e. The number of nitrogens with zero attached hydrogens (tertiary/aromatic N) is 5. The van der Waals surface area contributed by atoms with Crippen LogP contribution in [-0.2, 0) is 0 Å². The molecule has 17 heavy (non-hydrogen) atoms. The molecule has 0 aliphatic rings. The summed E-state index contributed by atoms with van der Waals surface area (Å²) >= 11 is 5.74. The zero-order valence-corrected chi connectivity index (χ0v) is 10.9. The summed E-state index contributed by atoms with van der Waals surface area (Å²) in [6.07, 6.45) is 2.48. The van der Waals surface area contributed by atoms with Gasteiger partial charge in [-0.25, -0.2) is 4.98 Å². The molecule has 6 heteroatoms. The largest absolute Gasteiger partial charge is 0.357 e. The summed E-state index contributed by atoms with van der Waals surface area (Å²) in [4.78, 5) is 10.7. The van der Waals surface area contributed by atoms with Crippen LogP contribution in [0, 0.1) is 6.92 Å². The zero-order valence-electron chi connectivity index (χ0n) is 10.1. The molecule has 0 spiro atoms. The molecule has 0 bridgehead atoms. The minimum atomic E-state index is 0.643. The Morgan fingerprint density at radius 2 is 2.29 bits per heavy atom. The van der Waals surface area contributed by atoms with Gasteiger partial charge in [0.15, 0.2) is 0 Å². The van der Waals surface area contributed by atoms with Crippen LogP contribution in [0.1, 0.15) is 19.0 Å². The van der Waals surface area contributed by atoms with Gasteiger partial charge in [-0.15, -0.1) is 11.6 Å². The molecule has 0 N–H and O–H groups in total. The van der Waals surface area contributed by atoms with Gasteiger partial charge in [-0.2, -0.15) is 14.6 Å². The van der Waals surface area contributed by atoms with Crippen molar-refractivity contribution in [3.8, 4) is 0 Å². The van der Waals surface area contributed by atoms with E-state index in [0.717, 1.165) is 31.0 Å². The minimum absolute atomic E-state index is 0.643. The summed E-state index contributed by atoms with van der Waals surface area (Å²) in [5.74, 6) is 2.34. The highest BCUT2D eigenvalue weighted by molar-refractivity contribution is 6.17. The molecule has 0 amide bonds. The summed E-state index contributed by atoms with van der Waals surface area (Å²) < 4.78 is 1.77. The highest BCUT2D eigenvalue weighted by Crippen LogP contribution is 2.16. The van der Waals surface area contributed by atoms with Crippen LogP contribution in [0.4, 0.5) is 5.82 Å². The van der Waals surface area contributed by atoms with Gasteiger partial charge < -0.3 is 4.90 Å². The number of alkyl halides is 1. The van der Waals surface area contributed by atoms with Crippen LogP contribution in [0.3, 0.4) is 0 Å². The third kappa shape index (κ3) is 2.49. The van der Waals surface area contributed by atoms with E-state index >= 15 is 0 Å². The molecule has 0 unspecified atom stereocenters. The van der Waals surface area contributed by atoms with Gasteiger partial charge in [0, 0.05) is 30.7 Å². The van der Waals surface area contributed by atoms with Gasteiger partial charge in [-0.1, -0.05) is 0 Å². The summed E-state index contributed by atoms with van der Waals surface area (Å²) in [7, 11) is 0. The topological polar surface area (TPSA) is 46.3 Å². The minimum Gasteiger partial charge on any atom is -0.357 e. The summed E-state index contributed by atoms with van der Waals surface area (Å²) in [6.45, 7) is 5.91. The number of rotatable bonds is 5. The third-order valence-corrected chi connectivity index (χ3v) is 2.90. The fourth-order valence-electron chi connectivity index (χ4n) is 1.82. The van der Waals surface area contributed by atoms with Gasteiger partial charge in [0.25, 0.3) is 5.78 Å². The second-order valence-electron chi connectivity index (χ2n) is 3.85. The average Bonchev–Trinajstić information content (AvgIpc) is 2.77. The zero-order chi connectivity index (χ0) is 12.3. The first kappa shape index (κ1) is 12.1. The molecule has 0 aromatic carbocycles. The van der Waals surface area contributed by atoms with Crippen LogP contribution in [0.5, 0.6) is 0 Å². The molecule has 92 valence electrons. The lowest BCUT2D eigenvalue weighted by atomic mass is 10.3. The van der Waals surface area contributed by atoms with Crippen molar-refractivity contribution in [1.29, 1.82) is 0 Å². The van der Waals surface area contributed by atoms with E-state index in [1.807, 2.05) is 13.0 Å². The van der Waals surface area contributed by atoms with Gasteiger partial charge in [0.2, 0.25) is 0 Å². The average molecular weight is 254 g/mol. The molecule has 0 saturated heterocycles. The fourth-order valence-corrected chi connectivity index (χ4v) is 1.94. The molecule has 0 radical (unpaired) electrons. The van der Waals surface area contributed by atoms with Crippen molar-refractivity contribution in [2.75, 3.05) is 23.9 Å². The number of fused-ring (bicyclic) bond motifs is 1. The molecular formula is C11H16ClN5. The van der Waals surface area contributed by atoms with Gasteiger partial charge >= 0.3 is 0 Å². The van der Waals surface area contributed by atoms with Crippen molar-refractivity contribution in [2.45, 2.75) is 20.3 Å². The van der Waals surface area contributed by atoms with E-state index in [-0.39, 0.29) is 0 Å². The molecule has 0 aliphatic heterocycles. The van der Waals surface area contributed by atoms with E-state index in [4.69, 9.17) is 11.6 Å². The van der Waals surface area contributed by atoms with E-state index in [0.29, 0.717) is 11.7 Å². The molecule has 2 aromatic rings. The predicted molar refractivity (Wildman–Crippen MR) is 68.7 cm³/mol. The maximum atomic E-state index is 5.74. The first-order valence-electron chi connectivity index (χ1n) is 5.74. The molecule has 2 aromatic heterocycles. The Morgan fingerprint density at radius 3 is 3.00 bits per heavy atom. The normalized spacial score (nSPS) is 11.0. The van der Waals surface area contributed by atoms with E-state index < -0.39 is 0 Å². The Labute approximate surface area is 105 Å². The van der Waals surface area contributed by atoms with Crippen molar-refractivity contribution >= 4 is 23.2 Å². The van der Waals surface area contributed by atoms with Gasteiger partial charge in [0.1, 0.15) is 12.1 Å². The van der Waals surface area contributed by atoms with Crippen LogP contribution in [-0.4, -0.2) is 38.6 Å². The Morgan fingerprint density at radius 1 is 1.47 bits per heavy atom. The van der Waals surface area contributed by atoms with Crippen LogP contribution in [0.25, 0.3) is 5.78 Å². The Kier molecular flexibility index (Phi) is 3.78. The molecule has 2 heterocycles. The van der Waals surface area contributed by atoms with E-state index in [1.54, 1.807) is 4.52 Å². The van der Waals surface area contributed by atoms with Crippen molar-refractivity contribution in [3.63, 3.8) is 0 Å². The summed E-state index contributed by atoms with van der Waals surface area (Å²) in [6, 6.07) is 2.03. The van der Waals surface area contributed by atoms with Crippen molar-refractivity contribution in [1.82, 2.24) is 19.6 Å². The Bertz CT molecular complexity index is 496. The predicted octanol–water partition coefficient (Wildman–Crippen LogP) is 1.89. The lowest BCUT2D eigenvalue weighted by Crippen LogP contribution is -2.27. The monoisotopic (exact) mass is 253 g/mol. The molecule has 0 atom stereocenters. The number of hydrogen-bond donors (Lipinski definition) is 0. The molecular weight excluding hydrogens is 238 g/mol. The number of aromatic nitrogens is 4. The number of anilines is 1. The number of halogens is 1. The van der Waals surface area contributed by atoms with Crippen molar-refractivity contribution in [3.05, 3.63) is 18.1 Å². The van der Waals surface area contributed by atoms with Crippen LogP contribution in [0.15, 0.2) is 12.4 Å². The number of hydrogen-bond acceptors (Lipinski definition) is 4. The first-order valence-corrected chi connectivity index (χ1v) is 6.28. The third-order valence-electron chi connectivity index (χ3n) is 2.63. The maximum absolute atomic E-state index is 5.74. The second-order valence-corrected chi connectivity index (χ2v) is 4.23. The molecule has 5 nitrogen and oxygen atoms in total. The standard InChI is InChI=1S/C11H16ClN5/c1-3-16(6-4-5-12)10-7-9(2)15-11-13-8-14-17(10)11/h7-8H,3-6H2,1-2H3. The van der Waals surface area contributed by atoms with Crippen LogP contribution < -0.4 is 4.90 Å². The van der Waals surface area contributed by atoms with Gasteiger partial charge in [0.05, 0.1) is 0 Å². The first-order chi connectivity index (χ1) is 8.26. The highest BCUT2D eigenvalue weighted by Gasteiger charge is 2.11. The van der Waals surface area contributed by atoms with Crippen molar-refractivity contribution < 1.29 is 0 Å². The molecule has 0 fully saturated rings. The highest BCUT2D eigenvalue weighted by atomic mass is 35.5. The summed E-state index contributed by atoms with van der Waals surface area (Å²) in [5, 5.41) is 4.21. The number of aryl methyl sites for hydroxylation is 1. The van der Waals surface area contributed by atoms with Crippen LogP contribution >= 0.6 is 11.6 Å². The van der Waals surface area contributed by atoms with E-state index in [1.165, 1.54) is 6.33 Å². The molecule has 0 aliphatic carbocycles.